The van der Waals surface area contributed by atoms with E-state index in [1.54, 1.807) is 17.1 Å². The summed E-state index contributed by atoms with van der Waals surface area (Å²) in [4.78, 5) is 0. The second-order valence-corrected chi connectivity index (χ2v) is 4.09. The van der Waals surface area contributed by atoms with E-state index in [0.717, 1.165) is 0 Å². The van der Waals surface area contributed by atoms with Crippen LogP contribution in [-0.4, -0.2) is 26.6 Å². The van der Waals surface area contributed by atoms with Crippen molar-refractivity contribution in [1.82, 2.24) is 9.78 Å². The molecular weight excluding hydrogens is 168 g/mol. The van der Waals surface area contributed by atoms with Gasteiger partial charge in [0.15, 0.2) is 0 Å². The summed E-state index contributed by atoms with van der Waals surface area (Å²) in [5.41, 5.74) is 0.561. The first-order valence-corrected chi connectivity index (χ1v) is 4.29. The maximum absolute atomic E-state index is 9.30. The number of aliphatic hydroxyl groups is 2. The average Bonchev–Trinajstić information content (AvgIpc) is 2.50. The Kier molecular flexibility index (Phi) is 2.73. The Balaban J connectivity index is 2.87. The molecule has 1 unspecified atom stereocenters. The van der Waals surface area contributed by atoms with Gasteiger partial charge in [0.25, 0.3) is 0 Å². The van der Waals surface area contributed by atoms with Crippen molar-refractivity contribution in [2.24, 2.45) is 0 Å². The van der Waals surface area contributed by atoms with E-state index >= 15 is 0 Å². The van der Waals surface area contributed by atoms with E-state index in [1.165, 1.54) is 0 Å². The van der Waals surface area contributed by atoms with Crippen molar-refractivity contribution in [3.8, 4) is 0 Å². The monoisotopic (exact) mass is 184 g/mol. The number of hydrogen-bond donors (Lipinski definition) is 2. The first-order chi connectivity index (χ1) is 5.95. The van der Waals surface area contributed by atoms with Gasteiger partial charge in [-0.2, -0.15) is 5.10 Å². The molecule has 0 saturated heterocycles. The maximum atomic E-state index is 9.30. The maximum Gasteiger partial charge on any atom is 0.105 e. The zero-order valence-electron chi connectivity index (χ0n) is 8.23. The van der Waals surface area contributed by atoms with Crippen LogP contribution in [0.1, 0.15) is 32.4 Å². The van der Waals surface area contributed by atoms with Gasteiger partial charge in [-0.25, -0.2) is 0 Å². The van der Waals surface area contributed by atoms with Gasteiger partial charge >= 0.3 is 0 Å². The fourth-order valence-electron chi connectivity index (χ4n) is 0.981. The second-order valence-electron chi connectivity index (χ2n) is 4.09. The Morgan fingerprint density at radius 3 is 2.54 bits per heavy atom. The molecule has 0 aliphatic carbocycles. The topological polar surface area (TPSA) is 58.3 Å². The highest BCUT2D eigenvalue weighted by Gasteiger charge is 2.16. The van der Waals surface area contributed by atoms with Crippen LogP contribution in [0.5, 0.6) is 0 Å². The molecule has 1 heterocycles. The Labute approximate surface area is 77.8 Å². The molecule has 0 spiro atoms. The molecule has 4 nitrogen and oxygen atoms in total. The SMILES string of the molecule is CC(C)(C)n1cc(C(O)CO)cn1. The summed E-state index contributed by atoms with van der Waals surface area (Å²) in [6.45, 7) is 5.80. The van der Waals surface area contributed by atoms with Gasteiger partial charge in [0.1, 0.15) is 6.10 Å². The lowest BCUT2D eigenvalue weighted by Crippen LogP contribution is -2.22. The van der Waals surface area contributed by atoms with Crippen molar-refractivity contribution in [2.45, 2.75) is 32.4 Å². The molecule has 1 aromatic rings. The summed E-state index contributed by atoms with van der Waals surface area (Å²) in [5.74, 6) is 0. The minimum absolute atomic E-state index is 0.0899. The summed E-state index contributed by atoms with van der Waals surface area (Å²) in [7, 11) is 0. The van der Waals surface area contributed by atoms with Gasteiger partial charge in [0.05, 0.1) is 18.3 Å². The Morgan fingerprint density at radius 1 is 1.54 bits per heavy atom. The smallest absolute Gasteiger partial charge is 0.105 e. The lowest BCUT2D eigenvalue weighted by molar-refractivity contribution is 0.0954. The Bertz CT molecular complexity index is 275. The molecule has 0 aliphatic heterocycles. The Morgan fingerprint density at radius 2 is 2.15 bits per heavy atom. The highest BCUT2D eigenvalue weighted by atomic mass is 16.3. The van der Waals surface area contributed by atoms with Crippen LogP contribution in [0.4, 0.5) is 0 Å². The zero-order valence-corrected chi connectivity index (χ0v) is 8.23. The van der Waals surface area contributed by atoms with Crippen LogP contribution in [0, 0.1) is 0 Å². The summed E-state index contributed by atoms with van der Waals surface area (Å²) in [5, 5.41) is 22.1. The molecule has 1 rings (SSSR count). The van der Waals surface area contributed by atoms with Gasteiger partial charge in [-0.15, -0.1) is 0 Å². The van der Waals surface area contributed by atoms with E-state index in [-0.39, 0.29) is 12.1 Å². The normalized spacial score (nSPS) is 14.5. The summed E-state index contributed by atoms with van der Waals surface area (Å²) < 4.78 is 1.77. The first kappa shape index (κ1) is 10.2. The fraction of sp³-hybridized carbons (Fsp3) is 0.667. The van der Waals surface area contributed by atoms with E-state index in [2.05, 4.69) is 5.10 Å². The molecule has 0 radical (unpaired) electrons. The predicted molar refractivity (Wildman–Crippen MR) is 49.3 cm³/mol. The van der Waals surface area contributed by atoms with E-state index in [1.807, 2.05) is 20.8 Å². The van der Waals surface area contributed by atoms with Crippen molar-refractivity contribution in [3.05, 3.63) is 18.0 Å². The number of nitrogens with zero attached hydrogens (tertiary/aromatic N) is 2. The van der Waals surface area contributed by atoms with Gasteiger partial charge in [0.2, 0.25) is 0 Å². The quantitative estimate of drug-likeness (QED) is 0.710. The van der Waals surface area contributed by atoms with Gasteiger partial charge in [-0.05, 0) is 20.8 Å². The van der Waals surface area contributed by atoms with Crippen molar-refractivity contribution >= 4 is 0 Å². The molecule has 1 atom stereocenters. The van der Waals surface area contributed by atoms with Crippen LogP contribution >= 0.6 is 0 Å². The zero-order chi connectivity index (χ0) is 10.1. The van der Waals surface area contributed by atoms with E-state index < -0.39 is 6.10 Å². The standard InChI is InChI=1S/C9H16N2O2/c1-9(2,3)11-5-7(4-10-11)8(13)6-12/h4-5,8,12-13H,6H2,1-3H3. The number of rotatable bonds is 2. The van der Waals surface area contributed by atoms with Crippen LogP contribution in [0.15, 0.2) is 12.4 Å². The molecule has 13 heavy (non-hydrogen) atoms. The van der Waals surface area contributed by atoms with Gasteiger partial charge in [-0.1, -0.05) is 0 Å². The predicted octanol–water partition coefficient (Wildman–Crippen LogP) is 0.664. The molecule has 74 valence electrons. The molecule has 4 heteroatoms. The minimum Gasteiger partial charge on any atom is -0.393 e. The molecular formula is C9H16N2O2. The van der Waals surface area contributed by atoms with E-state index in [4.69, 9.17) is 5.11 Å². The lowest BCUT2D eigenvalue weighted by Gasteiger charge is -2.18. The molecule has 2 N–H and O–H groups in total. The molecule has 0 amide bonds. The van der Waals surface area contributed by atoms with Crippen LogP contribution in [0.2, 0.25) is 0 Å². The van der Waals surface area contributed by atoms with E-state index in [0.29, 0.717) is 5.56 Å². The third-order valence-corrected chi connectivity index (χ3v) is 1.85. The van der Waals surface area contributed by atoms with Crippen molar-refractivity contribution < 1.29 is 10.2 Å². The van der Waals surface area contributed by atoms with Crippen molar-refractivity contribution in [3.63, 3.8) is 0 Å². The highest BCUT2D eigenvalue weighted by Crippen LogP contribution is 2.16. The average molecular weight is 184 g/mol. The van der Waals surface area contributed by atoms with Crippen LogP contribution < -0.4 is 0 Å². The molecule has 0 fully saturated rings. The van der Waals surface area contributed by atoms with Crippen LogP contribution in [0.25, 0.3) is 0 Å². The van der Waals surface area contributed by atoms with Gasteiger partial charge in [-0.3, -0.25) is 4.68 Å². The van der Waals surface area contributed by atoms with Crippen LogP contribution in [0.3, 0.4) is 0 Å². The second kappa shape index (κ2) is 3.47. The summed E-state index contributed by atoms with van der Waals surface area (Å²) in [6, 6.07) is 0. The molecule has 0 saturated carbocycles. The van der Waals surface area contributed by atoms with Crippen molar-refractivity contribution in [2.75, 3.05) is 6.61 Å². The lowest BCUT2D eigenvalue weighted by atomic mass is 10.1. The molecule has 0 bridgehead atoms. The third kappa shape index (κ3) is 2.29. The number of hydrogen-bond acceptors (Lipinski definition) is 3. The van der Waals surface area contributed by atoms with Crippen molar-refractivity contribution in [1.29, 1.82) is 0 Å². The first-order valence-electron chi connectivity index (χ1n) is 4.29. The number of aromatic nitrogens is 2. The summed E-state index contributed by atoms with van der Waals surface area (Å²) >= 11 is 0. The van der Waals surface area contributed by atoms with E-state index in [9.17, 15) is 5.11 Å². The highest BCUT2D eigenvalue weighted by molar-refractivity contribution is 5.08. The summed E-state index contributed by atoms with van der Waals surface area (Å²) in [6.07, 6.45) is 2.50. The molecule has 0 aliphatic rings. The van der Waals surface area contributed by atoms with Crippen LogP contribution in [-0.2, 0) is 5.54 Å². The molecule has 0 aromatic carbocycles. The van der Waals surface area contributed by atoms with Gasteiger partial charge < -0.3 is 10.2 Å². The largest absolute Gasteiger partial charge is 0.393 e. The third-order valence-electron chi connectivity index (χ3n) is 1.85. The minimum atomic E-state index is -0.823. The molecule has 1 aromatic heterocycles. The fourth-order valence-corrected chi connectivity index (χ4v) is 0.981. The van der Waals surface area contributed by atoms with Gasteiger partial charge in [0, 0.05) is 11.8 Å². The number of aliphatic hydroxyl groups excluding tert-OH is 2. The Hall–Kier alpha value is -0.870.